The fourth-order valence-electron chi connectivity index (χ4n) is 2.12. The van der Waals surface area contributed by atoms with E-state index in [0.717, 1.165) is 35.7 Å². The predicted molar refractivity (Wildman–Crippen MR) is 93.0 cm³/mol. The summed E-state index contributed by atoms with van der Waals surface area (Å²) in [4.78, 5) is 0. The summed E-state index contributed by atoms with van der Waals surface area (Å²) in [5.41, 5.74) is 2.27. The minimum Gasteiger partial charge on any atom is -0.490 e. The fraction of sp³-hybridized carbons (Fsp3) is 0.333. The summed E-state index contributed by atoms with van der Waals surface area (Å²) in [7, 11) is 0. The third-order valence-corrected chi connectivity index (χ3v) is 3.15. The molecule has 0 radical (unpaired) electrons. The number of nitrogens with one attached hydrogen (secondary N) is 1. The van der Waals surface area contributed by atoms with E-state index in [-0.39, 0.29) is 12.4 Å². The molecule has 0 saturated heterocycles. The van der Waals surface area contributed by atoms with Gasteiger partial charge in [0.15, 0.2) is 11.5 Å². The Morgan fingerprint density at radius 2 is 1.68 bits per heavy atom. The highest BCUT2D eigenvalue weighted by molar-refractivity contribution is 5.85. The van der Waals surface area contributed by atoms with E-state index in [0.29, 0.717) is 13.2 Å². The average molecular weight is 322 g/mol. The molecule has 0 aliphatic heterocycles. The Bertz CT molecular complexity index is 546. The molecule has 0 aliphatic rings. The first-order valence-corrected chi connectivity index (χ1v) is 7.47. The van der Waals surface area contributed by atoms with Gasteiger partial charge in [-0.1, -0.05) is 49.4 Å². The van der Waals surface area contributed by atoms with E-state index in [1.807, 2.05) is 37.3 Å². The molecule has 0 amide bonds. The summed E-state index contributed by atoms with van der Waals surface area (Å²) in [6, 6.07) is 16.2. The summed E-state index contributed by atoms with van der Waals surface area (Å²) in [6.45, 7) is 6.96. The van der Waals surface area contributed by atoms with Gasteiger partial charge in [-0.2, -0.15) is 0 Å². The molecule has 4 heteroatoms. The molecule has 3 nitrogen and oxygen atoms in total. The molecular weight excluding hydrogens is 298 g/mol. The molecule has 0 spiro atoms. The fourth-order valence-corrected chi connectivity index (χ4v) is 2.12. The maximum atomic E-state index is 6.04. The van der Waals surface area contributed by atoms with Gasteiger partial charge in [0.1, 0.15) is 6.61 Å². The van der Waals surface area contributed by atoms with E-state index in [9.17, 15) is 0 Å². The maximum absolute atomic E-state index is 6.04. The number of ether oxygens (including phenoxy) is 2. The lowest BCUT2D eigenvalue weighted by Crippen LogP contribution is -2.13. The molecular formula is C18H24ClNO2. The van der Waals surface area contributed by atoms with Crippen LogP contribution in [0.25, 0.3) is 0 Å². The van der Waals surface area contributed by atoms with Crippen molar-refractivity contribution in [1.29, 1.82) is 0 Å². The van der Waals surface area contributed by atoms with Crippen LogP contribution in [0.2, 0.25) is 0 Å². The van der Waals surface area contributed by atoms with E-state index in [2.05, 4.69) is 30.4 Å². The molecule has 0 saturated carbocycles. The van der Waals surface area contributed by atoms with Crippen LogP contribution < -0.4 is 14.8 Å². The smallest absolute Gasteiger partial charge is 0.166 e. The number of rotatable bonds is 8. The van der Waals surface area contributed by atoms with Crippen molar-refractivity contribution in [2.45, 2.75) is 27.0 Å². The Hall–Kier alpha value is -1.71. The second-order valence-electron chi connectivity index (χ2n) is 4.73. The van der Waals surface area contributed by atoms with E-state index in [4.69, 9.17) is 9.47 Å². The Balaban J connectivity index is 0.00000242. The normalized spacial score (nSPS) is 9.91. The van der Waals surface area contributed by atoms with Gasteiger partial charge in [0.2, 0.25) is 0 Å². The van der Waals surface area contributed by atoms with Gasteiger partial charge in [-0.05, 0) is 25.1 Å². The molecule has 2 rings (SSSR count). The van der Waals surface area contributed by atoms with E-state index < -0.39 is 0 Å². The molecule has 22 heavy (non-hydrogen) atoms. The van der Waals surface area contributed by atoms with Crippen molar-refractivity contribution in [3.8, 4) is 11.5 Å². The summed E-state index contributed by atoms with van der Waals surface area (Å²) in [6.07, 6.45) is 0. The standard InChI is InChI=1S/C18H23NO2.ClH/c1-3-19-13-16-11-8-12-17(20-4-2)18(16)21-14-15-9-6-5-7-10-15;/h5-12,19H,3-4,13-14H2,1-2H3;1H. The van der Waals surface area contributed by atoms with Gasteiger partial charge in [-0.25, -0.2) is 0 Å². The third-order valence-electron chi connectivity index (χ3n) is 3.15. The average Bonchev–Trinajstić information content (AvgIpc) is 2.53. The first-order chi connectivity index (χ1) is 10.3. The van der Waals surface area contributed by atoms with Crippen molar-refractivity contribution in [3.05, 3.63) is 59.7 Å². The van der Waals surface area contributed by atoms with Gasteiger partial charge in [0.25, 0.3) is 0 Å². The molecule has 0 heterocycles. The molecule has 0 bridgehead atoms. The molecule has 2 aromatic rings. The number of benzene rings is 2. The van der Waals surface area contributed by atoms with E-state index >= 15 is 0 Å². The molecule has 120 valence electrons. The topological polar surface area (TPSA) is 30.5 Å². The highest BCUT2D eigenvalue weighted by atomic mass is 35.5. The number of para-hydroxylation sites is 1. The zero-order valence-electron chi connectivity index (χ0n) is 13.2. The zero-order chi connectivity index (χ0) is 14.9. The molecule has 2 aromatic carbocycles. The van der Waals surface area contributed by atoms with Crippen molar-refractivity contribution >= 4 is 12.4 Å². The molecule has 0 aliphatic carbocycles. The molecule has 1 N–H and O–H groups in total. The summed E-state index contributed by atoms with van der Waals surface area (Å²) >= 11 is 0. The minimum absolute atomic E-state index is 0. The van der Waals surface area contributed by atoms with Crippen LogP contribution in [0.3, 0.4) is 0 Å². The van der Waals surface area contributed by atoms with Crippen LogP contribution in [0.15, 0.2) is 48.5 Å². The van der Waals surface area contributed by atoms with Crippen LogP contribution in [0.4, 0.5) is 0 Å². The Morgan fingerprint density at radius 3 is 2.36 bits per heavy atom. The Labute approximate surface area is 139 Å². The third kappa shape index (κ3) is 5.24. The summed E-state index contributed by atoms with van der Waals surface area (Å²) in [5, 5.41) is 3.34. The van der Waals surface area contributed by atoms with Gasteiger partial charge in [-0.3, -0.25) is 0 Å². The first kappa shape index (κ1) is 18.3. The van der Waals surface area contributed by atoms with Gasteiger partial charge in [-0.15, -0.1) is 12.4 Å². The summed E-state index contributed by atoms with van der Waals surface area (Å²) < 4.78 is 11.7. The van der Waals surface area contributed by atoms with Gasteiger partial charge >= 0.3 is 0 Å². The lowest BCUT2D eigenvalue weighted by atomic mass is 10.1. The first-order valence-electron chi connectivity index (χ1n) is 7.47. The van der Waals surface area contributed by atoms with E-state index in [1.165, 1.54) is 0 Å². The van der Waals surface area contributed by atoms with Crippen molar-refractivity contribution in [3.63, 3.8) is 0 Å². The van der Waals surface area contributed by atoms with Crippen molar-refractivity contribution in [2.24, 2.45) is 0 Å². The van der Waals surface area contributed by atoms with Crippen LogP contribution in [0.5, 0.6) is 11.5 Å². The predicted octanol–water partition coefficient (Wildman–Crippen LogP) is 4.20. The molecule has 0 atom stereocenters. The van der Waals surface area contributed by atoms with Gasteiger partial charge in [0, 0.05) is 12.1 Å². The highest BCUT2D eigenvalue weighted by Gasteiger charge is 2.11. The SMILES string of the molecule is CCNCc1cccc(OCC)c1OCc1ccccc1.Cl. The number of hydrogen-bond donors (Lipinski definition) is 1. The molecule has 0 unspecified atom stereocenters. The zero-order valence-corrected chi connectivity index (χ0v) is 14.0. The van der Waals surface area contributed by atoms with Crippen LogP contribution in [-0.4, -0.2) is 13.2 Å². The van der Waals surface area contributed by atoms with Crippen LogP contribution in [0, 0.1) is 0 Å². The Morgan fingerprint density at radius 1 is 0.909 bits per heavy atom. The second-order valence-corrected chi connectivity index (χ2v) is 4.73. The van der Waals surface area contributed by atoms with Gasteiger partial charge < -0.3 is 14.8 Å². The van der Waals surface area contributed by atoms with Crippen LogP contribution >= 0.6 is 12.4 Å². The quantitative estimate of drug-likeness (QED) is 0.790. The Kier molecular flexibility index (Phi) is 8.41. The van der Waals surface area contributed by atoms with E-state index in [1.54, 1.807) is 0 Å². The largest absolute Gasteiger partial charge is 0.490 e. The monoisotopic (exact) mass is 321 g/mol. The molecule has 0 aromatic heterocycles. The number of hydrogen-bond acceptors (Lipinski definition) is 3. The number of halogens is 1. The van der Waals surface area contributed by atoms with Crippen molar-refractivity contribution in [2.75, 3.05) is 13.2 Å². The van der Waals surface area contributed by atoms with Crippen molar-refractivity contribution in [1.82, 2.24) is 5.32 Å². The van der Waals surface area contributed by atoms with Crippen LogP contribution in [0.1, 0.15) is 25.0 Å². The molecule has 0 fully saturated rings. The highest BCUT2D eigenvalue weighted by Crippen LogP contribution is 2.32. The van der Waals surface area contributed by atoms with Gasteiger partial charge in [0.05, 0.1) is 6.61 Å². The minimum atomic E-state index is 0. The second kappa shape index (κ2) is 10.1. The lowest BCUT2D eigenvalue weighted by Gasteiger charge is -2.16. The summed E-state index contributed by atoms with van der Waals surface area (Å²) in [5.74, 6) is 1.65. The lowest BCUT2D eigenvalue weighted by molar-refractivity contribution is 0.266. The maximum Gasteiger partial charge on any atom is 0.166 e. The van der Waals surface area contributed by atoms with Crippen LogP contribution in [-0.2, 0) is 13.2 Å². The van der Waals surface area contributed by atoms with Crippen molar-refractivity contribution < 1.29 is 9.47 Å².